The molecule has 1 amide bonds. The minimum atomic E-state index is -0.767. The lowest BCUT2D eigenvalue weighted by Gasteiger charge is -2.39. The molecule has 6 nitrogen and oxygen atoms in total. The van der Waals surface area contributed by atoms with E-state index in [0.717, 1.165) is 22.3 Å². The van der Waals surface area contributed by atoms with Gasteiger partial charge in [-0.05, 0) is 37.8 Å². The third-order valence-corrected chi connectivity index (χ3v) is 5.69. The van der Waals surface area contributed by atoms with Gasteiger partial charge in [0.05, 0.1) is 12.5 Å². The lowest BCUT2D eigenvalue weighted by Crippen LogP contribution is -2.49. The Morgan fingerprint density at radius 1 is 1.10 bits per heavy atom. The lowest BCUT2D eigenvalue weighted by atomic mass is 9.92. The highest BCUT2D eigenvalue weighted by molar-refractivity contribution is 5.82. The number of carbonyl (C=O) groups is 2. The first-order chi connectivity index (χ1) is 14.3. The maximum atomic E-state index is 12.5. The first-order valence-electron chi connectivity index (χ1n) is 10.3. The van der Waals surface area contributed by atoms with Gasteiger partial charge in [-0.25, -0.2) is 0 Å². The maximum Gasteiger partial charge on any atom is 0.306 e. The molecule has 0 aliphatic carbocycles. The van der Waals surface area contributed by atoms with E-state index in [4.69, 9.17) is 10.5 Å². The van der Waals surface area contributed by atoms with Crippen molar-refractivity contribution < 1.29 is 19.4 Å². The summed E-state index contributed by atoms with van der Waals surface area (Å²) in [5.74, 6) is -2.22. The van der Waals surface area contributed by atoms with Crippen molar-refractivity contribution in [3.8, 4) is 0 Å². The molecule has 160 valence electrons. The Bertz CT molecular complexity index is 856. The molecule has 6 heteroatoms. The molecule has 30 heavy (non-hydrogen) atoms. The highest BCUT2D eigenvalue weighted by Crippen LogP contribution is 2.29. The van der Waals surface area contributed by atoms with E-state index in [1.807, 2.05) is 44.2 Å². The summed E-state index contributed by atoms with van der Waals surface area (Å²) in [5, 5.41) is 9.32. The van der Waals surface area contributed by atoms with Crippen molar-refractivity contribution in [2.24, 2.45) is 11.7 Å². The van der Waals surface area contributed by atoms with Crippen LogP contribution >= 0.6 is 0 Å². The van der Waals surface area contributed by atoms with Crippen LogP contribution in [0.3, 0.4) is 0 Å². The smallest absolute Gasteiger partial charge is 0.306 e. The molecule has 0 radical (unpaired) electrons. The Labute approximate surface area is 177 Å². The normalized spacial score (nSPS) is 17.4. The lowest BCUT2D eigenvalue weighted by molar-refractivity contribution is -0.148. The van der Waals surface area contributed by atoms with Crippen LogP contribution in [0.15, 0.2) is 48.5 Å². The monoisotopic (exact) mass is 410 g/mol. The maximum absolute atomic E-state index is 12.5. The van der Waals surface area contributed by atoms with Gasteiger partial charge in [-0.15, -0.1) is 0 Å². The van der Waals surface area contributed by atoms with Crippen LogP contribution in [0, 0.1) is 19.8 Å². The predicted molar refractivity (Wildman–Crippen MR) is 115 cm³/mol. The minimum Gasteiger partial charge on any atom is -0.481 e. The van der Waals surface area contributed by atoms with E-state index in [1.165, 1.54) is 0 Å². The Morgan fingerprint density at radius 3 is 2.23 bits per heavy atom. The molecule has 1 fully saturated rings. The van der Waals surface area contributed by atoms with Crippen molar-refractivity contribution in [3.63, 3.8) is 0 Å². The molecular weight excluding hydrogens is 380 g/mol. The van der Waals surface area contributed by atoms with E-state index in [0.29, 0.717) is 32.5 Å². The molecular formula is C24H30N2O4. The first kappa shape index (κ1) is 22.0. The van der Waals surface area contributed by atoms with Crippen LogP contribution in [0.4, 0.5) is 0 Å². The quantitative estimate of drug-likeness (QED) is 0.697. The van der Waals surface area contributed by atoms with Gasteiger partial charge >= 0.3 is 5.97 Å². The van der Waals surface area contributed by atoms with Crippen molar-refractivity contribution in [2.75, 3.05) is 13.1 Å². The molecule has 2 atom stereocenters. The van der Waals surface area contributed by atoms with E-state index < -0.39 is 24.0 Å². The molecule has 1 aliphatic heterocycles. The van der Waals surface area contributed by atoms with Gasteiger partial charge < -0.3 is 15.6 Å². The second kappa shape index (κ2) is 9.87. The molecule has 1 aliphatic rings. The topological polar surface area (TPSA) is 92.9 Å². The number of rotatable bonds is 8. The minimum absolute atomic E-state index is 0.350. The number of amides is 1. The zero-order chi connectivity index (χ0) is 21.7. The largest absolute Gasteiger partial charge is 0.481 e. The van der Waals surface area contributed by atoms with Gasteiger partial charge in [0.15, 0.2) is 0 Å². The second-order valence-corrected chi connectivity index (χ2v) is 8.14. The summed E-state index contributed by atoms with van der Waals surface area (Å²) in [6.45, 7) is 5.53. The first-order valence-corrected chi connectivity index (χ1v) is 10.3. The fourth-order valence-electron chi connectivity index (χ4n) is 4.28. The van der Waals surface area contributed by atoms with E-state index in [9.17, 15) is 14.7 Å². The van der Waals surface area contributed by atoms with Crippen LogP contribution in [-0.2, 0) is 20.9 Å². The van der Waals surface area contributed by atoms with Crippen LogP contribution in [0.2, 0.25) is 0 Å². The average molecular weight is 411 g/mol. The van der Waals surface area contributed by atoms with E-state index in [-0.39, 0.29) is 5.92 Å². The van der Waals surface area contributed by atoms with Gasteiger partial charge in [-0.1, -0.05) is 59.7 Å². The number of primary amides is 1. The predicted octanol–water partition coefficient (Wildman–Crippen LogP) is 3.21. The molecule has 2 aromatic rings. The van der Waals surface area contributed by atoms with Crippen LogP contribution in [0.1, 0.15) is 41.0 Å². The fourth-order valence-corrected chi connectivity index (χ4v) is 4.28. The fraction of sp³-hybridized carbons (Fsp3) is 0.417. The molecule has 2 unspecified atom stereocenters. The summed E-state index contributed by atoms with van der Waals surface area (Å²) < 4.78 is 6.33. The summed E-state index contributed by atoms with van der Waals surface area (Å²) in [5.41, 5.74) is 9.98. The summed E-state index contributed by atoms with van der Waals surface area (Å²) in [7, 11) is 0. The number of carboxylic acids is 1. The van der Waals surface area contributed by atoms with Gasteiger partial charge in [0, 0.05) is 13.1 Å². The second-order valence-electron chi connectivity index (χ2n) is 8.14. The number of nitrogens with zero attached hydrogens (tertiary/aromatic N) is 1. The number of likely N-dealkylation sites (tertiary alicyclic amines) is 1. The van der Waals surface area contributed by atoms with E-state index in [1.54, 1.807) is 0 Å². The molecule has 1 heterocycles. The van der Waals surface area contributed by atoms with E-state index >= 15 is 0 Å². The number of ether oxygens (including phenoxy) is 1. The summed E-state index contributed by atoms with van der Waals surface area (Å²) in [4.78, 5) is 25.9. The van der Waals surface area contributed by atoms with Gasteiger partial charge in [0.2, 0.25) is 5.91 Å². The Balaban J connectivity index is 1.85. The number of nitrogens with two attached hydrogens (primary N) is 1. The summed E-state index contributed by atoms with van der Waals surface area (Å²) in [6, 6.07) is 15.7. The molecule has 0 spiro atoms. The van der Waals surface area contributed by atoms with Crippen LogP contribution < -0.4 is 5.73 Å². The van der Waals surface area contributed by atoms with Crippen LogP contribution in [0.5, 0.6) is 0 Å². The van der Waals surface area contributed by atoms with Crippen LogP contribution in [0.25, 0.3) is 0 Å². The van der Waals surface area contributed by atoms with Gasteiger partial charge in [-0.3, -0.25) is 14.5 Å². The number of benzene rings is 2. The molecule has 2 aromatic carbocycles. The van der Waals surface area contributed by atoms with Gasteiger partial charge in [-0.2, -0.15) is 0 Å². The molecule has 0 aromatic heterocycles. The molecule has 3 N–H and O–H groups in total. The summed E-state index contributed by atoms with van der Waals surface area (Å²) >= 11 is 0. The number of carbonyl (C=O) groups excluding carboxylic acids is 1. The number of hydrogen-bond donors (Lipinski definition) is 2. The zero-order valence-corrected chi connectivity index (χ0v) is 17.6. The molecule has 0 saturated carbocycles. The third-order valence-electron chi connectivity index (χ3n) is 5.69. The van der Waals surface area contributed by atoms with Crippen LogP contribution in [-0.4, -0.2) is 41.2 Å². The van der Waals surface area contributed by atoms with Gasteiger partial charge in [0.25, 0.3) is 0 Å². The standard InChI is InChI=1S/C24H30N2O4/c1-16-12-17(2)14-18(13-16)15-30-23(26-10-8-20(9-11-26)24(28)29)21(22(25)27)19-6-4-3-5-7-19/h3-7,12-14,20-21,23H,8-11,15H2,1-2H3,(H2,25,27)(H,28,29). The zero-order valence-electron chi connectivity index (χ0n) is 17.6. The van der Waals surface area contributed by atoms with Crippen molar-refractivity contribution in [2.45, 2.75) is 45.4 Å². The Hall–Kier alpha value is -2.70. The van der Waals surface area contributed by atoms with E-state index in [2.05, 4.69) is 23.1 Å². The highest BCUT2D eigenvalue weighted by atomic mass is 16.5. The molecule has 0 bridgehead atoms. The average Bonchev–Trinajstić information content (AvgIpc) is 2.71. The Kier molecular flexibility index (Phi) is 7.24. The molecule has 1 saturated heterocycles. The molecule has 3 rings (SSSR count). The Morgan fingerprint density at radius 2 is 1.70 bits per heavy atom. The number of aliphatic carboxylic acids is 1. The highest BCUT2D eigenvalue weighted by Gasteiger charge is 2.36. The van der Waals surface area contributed by atoms with Gasteiger partial charge in [0.1, 0.15) is 12.1 Å². The number of hydrogen-bond acceptors (Lipinski definition) is 4. The van der Waals surface area contributed by atoms with Crippen molar-refractivity contribution >= 4 is 11.9 Å². The van der Waals surface area contributed by atoms with Crippen molar-refractivity contribution in [3.05, 3.63) is 70.8 Å². The summed E-state index contributed by atoms with van der Waals surface area (Å²) in [6.07, 6.45) is 0.498. The number of carboxylic acid groups (broad SMARTS) is 1. The number of aryl methyl sites for hydroxylation is 2. The third kappa shape index (κ3) is 5.46. The number of piperidine rings is 1. The SMILES string of the molecule is Cc1cc(C)cc(COC(C(C(N)=O)c2ccccc2)N2CCC(C(=O)O)CC2)c1. The van der Waals surface area contributed by atoms with Crippen molar-refractivity contribution in [1.82, 2.24) is 4.90 Å². The van der Waals surface area contributed by atoms with Crippen molar-refractivity contribution in [1.29, 1.82) is 0 Å².